The summed E-state index contributed by atoms with van der Waals surface area (Å²) in [6.45, 7) is 3.63. The van der Waals surface area contributed by atoms with Crippen molar-refractivity contribution in [2.75, 3.05) is 5.73 Å². The standard InChI is InChI=1S/C15H20N2O.2ClH/c1-2-3-7-15(18)17-14-6-4-5-11-10-12(16)8-9-13(11)14;;/h2,8-10,14H,1,3-7,16H2,(H,17,18);2*1H. The molecule has 0 heterocycles. The lowest BCUT2D eigenvalue weighted by Crippen LogP contribution is -2.30. The van der Waals surface area contributed by atoms with Crippen LogP contribution in [0.1, 0.15) is 42.9 Å². The number of halogens is 2. The Hall–Kier alpha value is -1.19. The molecule has 1 aromatic rings. The van der Waals surface area contributed by atoms with Crippen LogP contribution in [-0.2, 0) is 11.2 Å². The Labute approximate surface area is 132 Å². The molecule has 1 unspecified atom stereocenters. The average Bonchev–Trinajstić information content (AvgIpc) is 2.36. The van der Waals surface area contributed by atoms with Gasteiger partial charge in [-0.05, 0) is 48.9 Å². The van der Waals surface area contributed by atoms with Gasteiger partial charge < -0.3 is 11.1 Å². The lowest BCUT2D eigenvalue weighted by molar-refractivity contribution is -0.121. The highest BCUT2D eigenvalue weighted by atomic mass is 35.5. The topological polar surface area (TPSA) is 55.1 Å². The number of fused-ring (bicyclic) bond motifs is 1. The summed E-state index contributed by atoms with van der Waals surface area (Å²) < 4.78 is 0. The van der Waals surface area contributed by atoms with E-state index in [-0.39, 0.29) is 36.8 Å². The van der Waals surface area contributed by atoms with Gasteiger partial charge in [0.05, 0.1) is 6.04 Å². The molecular weight excluding hydrogens is 295 g/mol. The van der Waals surface area contributed by atoms with Crippen LogP contribution in [0.25, 0.3) is 0 Å². The van der Waals surface area contributed by atoms with Crippen LogP contribution in [0.2, 0.25) is 0 Å². The lowest BCUT2D eigenvalue weighted by atomic mass is 9.87. The highest BCUT2D eigenvalue weighted by Crippen LogP contribution is 2.30. The highest BCUT2D eigenvalue weighted by Gasteiger charge is 2.21. The predicted molar refractivity (Wildman–Crippen MR) is 88.6 cm³/mol. The third kappa shape index (κ3) is 4.73. The van der Waals surface area contributed by atoms with E-state index in [0.29, 0.717) is 6.42 Å². The Kier molecular flexibility index (Phi) is 8.35. The van der Waals surface area contributed by atoms with Gasteiger partial charge in [0, 0.05) is 12.1 Å². The normalized spacial score (nSPS) is 16.1. The van der Waals surface area contributed by atoms with Crippen molar-refractivity contribution in [3.8, 4) is 0 Å². The Balaban J connectivity index is 0.00000180. The average molecular weight is 317 g/mol. The first-order valence-corrected chi connectivity index (χ1v) is 6.49. The molecule has 1 amide bonds. The largest absolute Gasteiger partial charge is 0.399 e. The highest BCUT2D eigenvalue weighted by molar-refractivity contribution is 5.85. The minimum absolute atomic E-state index is 0. The van der Waals surface area contributed by atoms with E-state index in [4.69, 9.17) is 5.73 Å². The molecule has 0 aliphatic heterocycles. The van der Waals surface area contributed by atoms with Crippen molar-refractivity contribution >= 4 is 36.4 Å². The van der Waals surface area contributed by atoms with E-state index >= 15 is 0 Å². The number of benzene rings is 1. The summed E-state index contributed by atoms with van der Waals surface area (Å²) in [5.41, 5.74) is 9.09. The van der Waals surface area contributed by atoms with Crippen LogP contribution in [0.15, 0.2) is 30.9 Å². The number of nitrogen functional groups attached to an aromatic ring is 1. The van der Waals surface area contributed by atoms with E-state index in [9.17, 15) is 4.79 Å². The van der Waals surface area contributed by atoms with E-state index in [0.717, 1.165) is 31.4 Å². The van der Waals surface area contributed by atoms with Crippen LogP contribution < -0.4 is 11.1 Å². The molecule has 0 spiro atoms. The Bertz CT molecular complexity index is 463. The third-order valence-electron chi connectivity index (χ3n) is 3.39. The molecule has 0 saturated carbocycles. The second-order valence-electron chi connectivity index (χ2n) is 4.80. The fourth-order valence-corrected chi connectivity index (χ4v) is 2.48. The molecule has 1 aliphatic rings. The molecule has 5 heteroatoms. The molecule has 0 aromatic heterocycles. The number of carbonyl (C=O) groups excluding carboxylic acids is 1. The smallest absolute Gasteiger partial charge is 0.220 e. The van der Waals surface area contributed by atoms with Crippen molar-refractivity contribution in [3.63, 3.8) is 0 Å². The first-order chi connectivity index (χ1) is 8.70. The molecule has 0 fully saturated rings. The zero-order chi connectivity index (χ0) is 13.0. The maximum Gasteiger partial charge on any atom is 0.220 e. The Morgan fingerprint density at radius 1 is 1.45 bits per heavy atom. The minimum Gasteiger partial charge on any atom is -0.399 e. The number of amides is 1. The number of nitrogens with two attached hydrogens (primary N) is 1. The maximum absolute atomic E-state index is 11.8. The molecule has 112 valence electrons. The molecule has 20 heavy (non-hydrogen) atoms. The van der Waals surface area contributed by atoms with Crippen LogP contribution in [0.5, 0.6) is 0 Å². The van der Waals surface area contributed by atoms with Gasteiger partial charge >= 0.3 is 0 Å². The summed E-state index contributed by atoms with van der Waals surface area (Å²) in [7, 11) is 0. The zero-order valence-electron chi connectivity index (χ0n) is 11.4. The second-order valence-corrected chi connectivity index (χ2v) is 4.80. The molecular formula is C15H22Cl2N2O. The van der Waals surface area contributed by atoms with Gasteiger partial charge in [0.25, 0.3) is 0 Å². The Morgan fingerprint density at radius 2 is 2.20 bits per heavy atom. The van der Waals surface area contributed by atoms with Crippen LogP contribution in [0.3, 0.4) is 0 Å². The predicted octanol–water partition coefficient (Wildman–Crippen LogP) is 3.57. The number of nitrogens with one attached hydrogen (secondary N) is 1. The van der Waals surface area contributed by atoms with Gasteiger partial charge in [0.1, 0.15) is 0 Å². The summed E-state index contributed by atoms with van der Waals surface area (Å²) in [5.74, 6) is 0.101. The van der Waals surface area contributed by atoms with Crippen LogP contribution in [0.4, 0.5) is 5.69 Å². The van der Waals surface area contributed by atoms with E-state index in [1.807, 2.05) is 18.2 Å². The quantitative estimate of drug-likeness (QED) is 0.659. The Morgan fingerprint density at radius 3 is 2.90 bits per heavy atom. The summed E-state index contributed by atoms with van der Waals surface area (Å²) in [6, 6.07) is 6.12. The molecule has 2 rings (SSSR count). The fourth-order valence-electron chi connectivity index (χ4n) is 2.48. The minimum atomic E-state index is 0. The first kappa shape index (κ1) is 18.8. The summed E-state index contributed by atoms with van der Waals surface area (Å²) in [4.78, 5) is 11.8. The van der Waals surface area contributed by atoms with Gasteiger partial charge in [0.2, 0.25) is 5.91 Å². The van der Waals surface area contributed by atoms with Gasteiger partial charge in [-0.3, -0.25) is 4.79 Å². The number of rotatable bonds is 4. The lowest BCUT2D eigenvalue weighted by Gasteiger charge is -2.26. The number of aryl methyl sites for hydroxylation is 1. The van der Waals surface area contributed by atoms with Crippen LogP contribution in [0, 0.1) is 0 Å². The molecule has 1 aromatic carbocycles. The van der Waals surface area contributed by atoms with Crippen LogP contribution >= 0.6 is 24.8 Å². The van der Waals surface area contributed by atoms with Crippen molar-refractivity contribution in [1.82, 2.24) is 5.32 Å². The van der Waals surface area contributed by atoms with Crippen molar-refractivity contribution < 1.29 is 4.79 Å². The second kappa shape index (κ2) is 8.88. The first-order valence-electron chi connectivity index (χ1n) is 6.49. The monoisotopic (exact) mass is 316 g/mol. The molecule has 1 aliphatic carbocycles. The molecule has 3 N–H and O–H groups in total. The fraction of sp³-hybridized carbons (Fsp3) is 0.400. The number of allylic oxidation sites excluding steroid dienone is 1. The van der Waals surface area contributed by atoms with E-state index in [2.05, 4.69) is 11.9 Å². The zero-order valence-corrected chi connectivity index (χ0v) is 13.1. The summed E-state index contributed by atoms with van der Waals surface area (Å²) in [6.07, 6.45) is 6.19. The molecule has 0 bridgehead atoms. The molecule has 0 radical (unpaired) electrons. The van der Waals surface area contributed by atoms with Gasteiger partial charge in [-0.2, -0.15) is 0 Å². The number of hydrogen-bond acceptors (Lipinski definition) is 2. The molecule has 1 atom stereocenters. The third-order valence-corrected chi connectivity index (χ3v) is 3.39. The van der Waals surface area contributed by atoms with Crippen molar-refractivity contribution in [1.29, 1.82) is 0 Å². The van der Waals surface area contributed by atoms with Crippen molar-refractivity contribution in [3.05, 3.63) is 42.0 Å². The SMILES string of the molecule is C=CCCC(=O)NC1CCCc2cc(N)ccc21.Cl.Cl. The van der Waals surface area contributed by atoms with Gasteiger partial charge in [-0.15, -0.1) is 31.4 Å². The summed E-state index contributed by atoms with van der Waals surface area (Å²) in [5, 5.41) is 3.10. The van der Waals surface area contributed by atoms with E-state index in [1.165, 1.54) is 11.1 Å². The molecule has 3 nitrogen and oxygen atoms in total. The van der Waals surface area contributed by atoms with Gasteiger partial charge in [0.15, 0.2) is 0 Å². The van der Waals surface area contributed by atoms with Crippen molar-refractivity contribution in [2.45, 2.75) is 38.1 Å². The van der Waals surface area contributed by atoms with E-state index in [1.54, 1.807) is 6.08 Å². The van der Waals surface area contributed by atoms with Gasteiger partial charge in [-0.25, -0.2) is 0 Å². The number of carbonyl (C=O) groups is 1. The van der Waals surface area contributed by atoms with Crippen LogP contribution in [-0.4, -0.2) is 5.91 Å². The maximum atomic E-state index is 11.8. The number of anilines is 1. The summed E-state index contributed by atoms with van der Waals surface area (Å²) >= 11 is 0. The van der Waals surface area contributed by atoms with E-state index < -0.39 is 0 Å². The van der Waals surface area contributed by atoms with Gasteiger partial charge in [-0.1, -0.05) is 12.1 Å². The van der Waals surface area contributed by atoms with Crippen molar-refractivity contribution in [2.24, 2.45) is 0 Å². The molecule has 0 saturated heterocycles. The number of hydrogen-bond donors (Lipinski definition) is 2.